The van der Waals surface area contributed by atoms with Gasteiger partial charge in [0.25, 0.3) is 0 Å². The van der Waals surface area contributed by atoms with Crippen LogP contribution in [0.3, 0.4) is 0 Å². The molecule has 2 N–H and O–H groups in total. The maximum absolute atomic E-state index is 13.8. The third kappa shape index (κ3) is 8.04. The number of anilines is 2. The van der Waals surface area contributed by atoms with Gasteiger partial charge in [-0.25, -0.2) is 9.18 Å². The van der Waals surface area contributed by atoms with Crippen molar-refractivity contribution < 1.29 is 28.6 Å². The van der Waals surface area contributed by atoms with Gasteiger partial charge in [0.15, 0.2) is 5.78 Å². The highest BCUT2D eigenvalue weighted by atomic mass is 19.1. The quantitative estimate of drug-likeness (QED) is 0.172. The molecular formula is C34H33FN2O5. The van der Waals surface area contributed by atoms with E-state index in [2.05, 4.69) is 5.32 Å². The fourth-order valence-electron chi connectivity index (χ4n) is 4.54. The molecule has 0 fully saturated rings. The summed E-state index contributed by atoms with van der Waals surface area (Å²) in [6, 6.07) is 27.7. The number of ketones is 1. The van der Waals surface area contributed by atoms with Crippen molar-refractivity contribution in [3.63, 3.8) is 0 Å². The van der Waals surface area contributed by atoms with Gasteiger partial charge < -0.3 is 20.1 Å². The fourth-order valence-corrected chi connectivity index (χ4v) is 4.54. The number of amides is 1. The van der Waals surface area contributed by atoms with Gasteiger partial charge in [0.2, 0.25) is 5.91 Å². The number of carbonyl (C=O) groups is 3. The number of nitrogens with zero attached hydrogens (tertiary/aromatic N) is 1. The number of aliphatic carboxylic acids is 1. The molecule has 4 aromatic carbocycles. The van der Waals surface area contributed by atoms with Gasteiger partial charge >= 0.3 is 5.97 Å². The molecule has 0 spiro atoms. The number of halogens is 1. The van der Waals surface area contributed by atoms with Gasteiger partial charge in [-0.2, -0.15) is 0 Å². The molecule has 0 radical (unpaired) electrons. The minimum Gasteiger partial charge on any atom is -0.492 e. The predicted octanol–water partition coefficient (Wildman–Crippen LogP) is 6.38. The Bertz CT molecular complexity index is 1510. The van der Waals surface area contributed by atoms with Crippen molar-refractivity contribution in [3.8, 4) is 5.75 Å². The van der Waals surface area contributed by atoms with Crippen LogP contribution in [0.25, 0.3) is 0 Å². The summed E-state index contributed by atoms with van der Waals surface area (Å²) in [7, 11) is 0. The van der Waals surface area contributed by atoms with Crippen molar-refractivity contribution >= 4 is 29.0 Å². The molecule has 216 valence electrons. The standard InChI is InChI=1S/C34H33FN2O5/c1-2-9-32(38)37(27-13-8-12-26(35)23-27)20-21-42-28-18-16-24(17-19-28)22-31(34(40)41)36-30-15-7-6-14-29(30)33(39)25-10-4-3-5-11-25/h3-8,10-19,23,31,36H,2,9,20-22H2,1H3,(H,40,41)/t31-/m0/s1. The lowest BCUT2D eigenvalue weighted by atomic mass is 10.00. The van der Waals surface area contributed by atoms with E-state index in [1.807, 2.05) is 13.0 Å². The summed E-state index contributed by atoms with van der Waals surface area (Å²) in [5.41, 5.74) is 2.59. The van der Waals surface area contributed by atoms with Gasteiger partial charge in [0.05, 0.1) is 6.54 Å². The number of carboxylic acid groups (broad SMARTS) is 1. The molecule has 42 heavy (non-hydrogen) atoms. The molecule has 0 heterocycles. The molecule has 4 rings (SSSR count). The number of hydrogen-bond donors (Lipinski definition) is 2. The second-order valence-electron chi connectivity index (χ2n) is 9.75. The third-order valence-corrected chi connectivity index (χ3v) is 6.67. The zero-order valence-corrected chi connectivity index (χ0v) is 23.3. The molecule has 0 saturated heterocycles. The van der Waals surface area contributed by atoms with E-state index in [4.69, 9.17) is 4.74 Å². The smallest absolute Gasteiger partial charge is 0.326 e. The van der Waals surface area contributed by atoms with Crippen LogP contribution in [0.4, 0.5) is 15.8 Å². The highest BCUT2D eigenvalue weighted by molar-refractivity contribution is 6.12. The van der Waals surface area contributed by atoms with E-state index in [0.717, 1.165) is 5.56 Å². The average Bonchev–Trinajstić information content (AvgIpc) is 3.00. The van der Waals surface area contributed by atoms with Crippen molar-refractivity contribution in [1.29, 1.82) is 0 Å². The minimum atomic E-state index is -1.05. The van der Waals surface area contributed by atoms with Crippen LogP contribution in [0.2, 0.25) is 0 Å². The van der Waals surface area contributed by atoms with Gasteiger partial charge in [-0.3, -0.25) is 9.59 Å². The van der Waals surface area contributed by atoms with Crippen LogP contribution in [0, 0.1) is 5.82 Å². The maximum Gasteiger partial charge on any atom is 0.326 e. The number of nitrogens with one attached hydrogen (secondary N) is 1. The Morgan fingerprint density at radius 3 is 2.31 bits per heavy atom. The van der Waals surface area contributed by atoms with Gasteiger partial charge in [0, 0.05) is 35.3 Å². The first-order chi connectivity index (χ1) is 20.4. The molecule has 0 aliphatic carbocycles. The summed E-state index contributed by atoms with van der Waals surface area (Å²) < 4.78 is 19.6. The molecule has 1 atom stereocenters. The van der Waals surface area contributed by atoms with Crippen LogP contribution in [-0.2, 0) is 16.0 Å². The molecule has 0 aliphatic heterocycles. The summed E-state index contributed by atoms with van der Waals surface area (Å²) in [5.74, 6) is -1.22. The summed E-state index contributed by atoms with van der Waals surface area (Å²) in [6.45, 7) is 2.35. The number of rotatable bonds is 14. The van der Waals surface area contributed by atoms with Crippen LogP contribution in [0.15, 0.2) is 103 Å². The van der Waals surface area contributed by atoms with Crippen LogP contribution < -0.4 is 15.0 Å². The maximum atomic E-state index is 13.8. The topological polar surface area (TPSA) is 95.9 Å². The Kier molecular flexibility index (Phi) is 10.4. The Labute approximate surface area is 244 Å². The van der Waals surface area contributed by atoms with Crippen LogP contribution in [0.5, 0.6) is 5.75 Å². The Hall–Kier alpha value is -4.98. The van der Waals surface area contributed by atoms with Gasteiger partial charge in [-0.1, -0.05) is 67.6 Å². The van der Waals surface area contributed by atoms with Gasteiger partial charge in [-0.05, 0) is 54.4 Å². The summed E-state index contributed by atoms with van der Waals surface area (Å²) in [4.78, 5) is 39.4. The zero-order valence-electron chi connectivity index (χ0n) is 23.3. The SMILES string of the molecule is CCCC(=O)N(CCOc1ccc(C[C@H](Nc2ccccc2C(=O)c2ccccc2)C(=O)O)cc1)c1cccc(F)c1. The third-order valence-electron chi connectivity index (χ3n) is 6.67. The van der Waals surface area contributed by atoms with Crippen LogP contribution in [-0.4, -0.2) is 42.0 Å². The molecule has 0 bridgehead atoms. The lowest BCUT2D eigenvalue weighted by Crippen LogP contribution is -2.34. The first-order valence-corrected chi connectivity index (χ1v) is 13.8. The molecule has 0 unspecified atom stereocenters. The lowest BCUT2D eigenvalue weighted by molar-refractivity contribution is -0.137. The molecule has 0 aliphatic rings. The highest BCUT2D eigenvalue weighted by Crippen LogP contribution is 2.22. The molecule has 8 heteroatoms. The van der Waals surface area contributed by atoms with E-state index in [1.165, 1.54) is 17.0 Å². The van der Waals surface area contributed by atoms with E-state index >= 15 is 0 Å². The van der Waals surface area contributed by atoms with Crippen molar-refractivity contribution in [2.24, 2.45) is 0 Å². The second kappa shape index (κ2) is 14.6. The largest absolute Gasteiger partial charge is 0.492 e. The van der Waals surface area contributed by atoms with E-state index in [9.17, 15) is 23.9 Å². The van der Waals surface area contributed by atoms with E-state index in [1.54, 1.807) is 84.9 Å². The monoisotopic (exact) mass is 568 g/mol. The molecular weight excluding hydrogens is 535 g/mol. The van der Waals surface area contributed by atoms with Crippen LogP contribution in [0.1, 0.15) is 41.3 Å². The predicted molar refractivity (Wildman–Crippen MR) is 161 cm³/mol. The number of para-hydroxylation sites is 1. The fraction of sp³-hybridized carbons (Fsp3) is 0.206. The highest BCUT2D eigenvalue weighted by Gasteiger charge is 2.21. The summed E-state index contributed by atoms with van der Waals surface area (Å²) >= 11 is 0. The molecule has 1 amide bonds. The van der Waals surface area contributed by atoms with Crippen molar-refractivity contribution in [2.45, 2.75) is 32.2 Å². The molecule has 7 nitrogen and oxygen atoms in total. The van der Waals surface area contributed by atoms with E-state index in [-0.39, 0.29) is 31.3 Å². The number of hydrogen-bond acceptors (Lipinski definition) is 5. The number of benzene rings is 4. The van der Waals surface area contributed by atoms with Gasteiger partial charge in [-0.15, -0.1) is 0 Å². The van der Waals surface area contributed by atoms with E-state index in [0.29, 0.717) is 41.1 Å². The zero-order chi connectivity index (χ0) is 29.9. The van der Waals surface area contributed by atoms with E-state index < -0.39 is 17.8 Å². The Morgan fingerprint density at radius 2 is 1.62 bits per heavy atom. The van der Waals surface area contributed by atoms with Crippen molar-refractivity contribution in [2.75, 3.05) is 23.4 Å². The minimum absolute atomic E-state index is 0.110. The Balaban J connectivity index is 1.39. The van der Waals surface area contributed by atoms with Crippen molar-refractivity contribution in [3.05, 3.63) is 126 Å². The van der Waals surface area contributed by atoms with Crippen LogP contribution >= 0.6 is 0 Å². The molecule has 0 saturated carbocycles. The first kappa shape index (κ1) is 30.0. The normalized spacial score (nSPS) is 11.4. The lowest BCUT2D eigenvalue weighted by Gasteiger charge is -2.23. The first-order valence-electron chi connectivity index (χ1n) is 13.8. The number of carboxylic acids is 1. The van der Waals surface area contributed by atoms with Gasteiger partial charge in [0.1, 0.15) is 24.2 Å². The molecule has 4 aromatic rings. The summed E-state index contributed by atoms with van der Waals surface area (Å²) in [6.07, 6.45) is 1.19. The average molecular weight is 569 g/mol. The number of carbonyl (C=O) groups excluding carboxylic acids is 2. The van der Waals surface area contributed by atoms with Crippen molar-refractivity contribution in [1.82, 2.24) is 0 Å². The second-order valence-corrected chi connectivity index (χ2v) is 9.75. The molecule has 0 aromatic heterocycles. The summed E-state index contributed by atoms with van der Waals surface area (Å²) in [5, 5.41) is 13.0. The Morgan fingerprint density at radius 1 is 0.905 bits per heavy atom. The number of ether oxygens (including phenoxy) is 1.